The minimum atomic E-state index is -0.358. The van der Waals surface area contributed by atoms with Gasteiger partial charge in [0, 0.05) is 12.1 Å². The predicted molar refractivity (Wildman–Crippen MR) is 60.9 cm³/mol. The van der Waals surface area contributed by atoms with Gasteiger partial charge in [-0.1, -0.05) is 12.1 Å². The van der Waals surface area contributed by atoms with Gasteiger partial charge in [-0.05, 0) is 30.5 Å². The topological polar surface area (TPSA) is 75.4 Å². The summed E-state index contributed by atoms with van der Waals surface area (Å²) >= 11 is 0. The molecular formula is C12H16N2O2. The summed E-state index contributed by atoms with van der Waals surface area (Å²) in [6.45, 7) is 0.488. The number of nitrogens with two attached hydrogens (primary N) is 1. The molecule has 0 aliphatic heterocycles. The van der Waals surface area contributed by atoms with Crippen LogP contribution in [0.3, 0.4) is 0 Å². The number of hydrogen-bond donors (Lipinski definition) is 3. The lowest BCUT2D eigenvalue weighted by Crippen LogP contribution is -2.39. The SMILES string of the molecule is NCc1ccc(C(=O)NC2(CO)CC2)cc1. The first kappa shape index (κ1) is 11.1. The Hall–Kier alpha value is -1.39. The highest BCUT2D eigenvalue weighted by Crippen LogP contribution is 2.34. The van der Waals surface area contributed by atoms with Crippen molar-refractivity contribution in [3.63, 3.8) is 0 Å². The Morgan fingerprint density at radius 3 is 2.44 bits per heavy atom. The molecule has 0 unspecified atom stereocenters. The molecule has 0 atom stereocenters. The van der Waals surface area contributed by atoms with Crippen molar-refractivity contribution in [3.8, 4) is 0 Å². The minimum absolute atomic E-state index is 0.0135. The molecule has 4 heteroatoms. The van der Waals surface area contributed by atoms with E-state index >= 15 is 0 Å². The summed E-state index contributed by atoms with van der Waals surface area (Å²) in [5.74, 6) is -0.130. The Bertz CT molecular complexity index is 383. The number of rotatable bonds is 4. The van der Waals surface area contributed by atoms with Gasteiger partial charge < -0.3 is 16.2 Å². The Morgan fingerprint density at radius 1 is 1.38 bits per heavy atom. The van der Waals surface area contributed by atoms with Crippen LogP contribution in [0.4, 0.5) is 0 Å². The highest BCUT2D eigenvalue weighted by Gasteiger charge is 2.43. The number of carbonyl (C=O) groups excluding carboxylic acids is 1. The molecule has 1 aliphatic carbocycles. The number of nitrogens with one attached hydrogen (secondary N) is 1. The fourth-order valence-electron chi connectivity index (χ4n) is 1.58. The first-order valence-electron chi connectivity index (χ1n) is 5.41. The summed E-state index contributed by atoms with van der Waals surface area (Å²) in [7, 11) is 0. The third-order valence-electron chi connectivity index (χ3n) is 2.99. The van der Waals surface area contributed by atoms with Crippen LogP contribution in [0.25, 0.3) is 0 Å². The van der Waals surface area contributed by atoms with Crippen molar-refractivity contribution in [3.05, 3.63) is 35.4 Å². The zero-order chi connectivity index (χ0) is 11.6. The van der Waals surface area contributed by atoms with E-state index in [-0.39, 0.29) is 18.1 Å². The van der Waals surface area contributed by atoms with E-state index in [1.54, 1.807) is 12.1 Å². The Kier molecular flexibility index (Phi) is 2.94. The van der Waals surface area contributed by atoms with Crippen molar-refractivity contribution in [1.29, 1.82) is 0 Å². The van der Waals surface area contributed by atoms with E-state index in [0.717, 1.165) is 18.4 Å². The van der Waals surface area contributed by atoms with Crippen LogP contribution in [0, 0.1) is 0 Å². The number of amides is 1. The predicted octanol–water partition coefficient (Wildman–Crippen LogP) is 0.400. The number of aliphatic hydroxyl groups is 1. The molecular weight excluding hydrogens is 204 g/mol. The maximum absolute atomic E-state index is 11.8. The summed E-state index contributed by atoms with van der Waals surface area (Å²) in [6.07, 6.45) is 1.71. The van der Waals surface area contributed by atoms with E-state index in [9.17, 15) is 4.79 Å². The van der Waals surface area contributed by atoms with E-state index in [1.165, 1.54) is 0 Å². The van der Waals surface area contributed by atoms with Gasteiger partial charge in [-0.3, -0.25) is 4.79 Å². The molecule has 1 aliphatic rings. The zero-order valence-corrected chi connectivity index (χ0v) is 9.07. The Balaban J connectivity index is 2.03. The summed E-state index contributed by atoms with van der Waals surface area (Å²) in [5, 5.41) is 12.0. The summed E-state index contributed by atoms with van der Waals surface area (Å²) in [6, 6.07) is 7.19. The minimum Gasteiger partial charge on any atom is -0.394 e. The first-order valence-corrected chi connectivity index (χ1v) is 5.41. The van der Waals surface area contributed by atoms with E-state index < -0.39 is 0 Å². The molecule has 0 aromatic heterocycles. The molecule has 1 saturated carbocycles. The van der Waals surface area contributed by atoms with E-state index in [2.05, 4.69) is 5.32 Å². The second-order valence-electron chi connectivity index (χ2n) is 4.29. The molecule has 0 heterocycles. The van der Waals surface area contributed by atoms with Crippen LogP contribution >= 0.6 is 0 Å². The van der Waals surface area contributed by atoms with Crippen LogP contribution in [0.15, 0.2) is 24.3 Å². The molecule has 4 nitrogen and oxygen atoms in total. The molecule has 0 radical (unpaired) electrons. The fourth-order valence-corrected chi connectivity index (χ4v) is 1.58. The standard InChI is InChI=1S/C12H16N2O2/c13-7-9-1-3-10(4-2-9)11(16)14-12(8-15)5-6-12/h1-4,15H,5-8,13H2,(H,14,16). The Labute approximate surface area is 94.5 Å². The molecule has 2 rings (SSSR count). The average molecular weight is 220 g/mol. The van der Waals surface area contributed by atoms with Crippen LogP contribution in [-0.4, -0.2) is 23.2 Å². The maximum Gasteiger partial charge on any atom is 0.251 e. The largest absolute Gasteiger partial charge is 0.394 e. The third kappa shape index (κ3) is 2.23. The summed E-state index contributed by atoms with van der Waals surface area (Å²) in [5.41, 5.74) is 6.73. The smallest absolute Gasteiger partial charge is 0.251 e. The number of hydrogen-bond acceptors (Lipinski definition) is 3. The molecule has 0 spiro atoms. The van der Waals surface area contributed by atoms with Crippen molar-refractivity contribution in [2.75, 3.05) is 6.61 Å². The maximum atomic E-state index is 11.8. The van der Waals surface area contributed by atoms with Crippen molar-refractivity contribution < 1.29 is 9.90 Å². The second-order valence-corrected chi connectivity index (χ2v) is 4.29. The van der Waals surface area contributed by atoms with Crippen LogP contribution in [0.1, 0.15) is 28.8 Å². The van der Waals surface area contributed by atoms with Gasteiger partial charge in [-0.15, -0.1) is 0 Å². The van der Waals surface area contributed by atoms with Gasteiger partial charge in [0.1, 0.15) is 0 Å². The van der Waals surface area contributed by atoms with Crippen molar-refractivity contribution in [2.45, 2.75) is 24.9 Å². The molecule has 86 valence electrons. The van der Waals surface area contributed by atoms with E-state index in [0.29, 0.717) is 12.1 Å². The fraction of sp³-hybridized carbons (Fsp3) is 0.417. The first-order chi connectivity index (χ1) is 7.69. The van der Waals surface area contributed by atoms with E-state index in [1.807, 2.05) is 12.1 Å². The molecule has 1 aromatic rings. The summed E-state index contributed by atoms with van der Waals surface area (Å²) < 4.78 is 0. The van der Waals surface area contributed by atoms with Gasteiger partial charge in [-0.25, -0.2) is 0 Å². The van der Waals surface area contributed by atoms with Gasteiger partial charge in [0.05, 0.1) is 12.1 Å². The second kappa shape index (κ2) is 4.23. The summed E-state index contributed by atoms with van der Waals surface area (Å²) in [4.78, 5) is 11.8. The molecule has 1 fully saturated rings. The van der Waals surface area contributed by atoms with E-state index in [4.69, 9.17) is 10.8 Å². The lowest BCUT2D eigenvalue weighted by molar-refractivity contribution is 0.0907. The van der Waals surface area contributed by atoms with Gasteiger partial charge in [0.2, 0.25) is 0 Å². The van der Waals surface area contributed by atoms with Crippen molar-refractivity contribution >= 4 is 5.91 Å². The van der Waals surface area contributed by atoms with Crippen molar-refractivity contribution in [2.24, 2.45) is 5.73 Å². The molecule has 0 bridgehead atoms. The Morgan fingerprint density at radius 2 is 2.00 bits per heavy atom. The van der Waals surface area contributed by atoms with Crippen LogP contribution < -0.4 is 11.1 Å². The van der Waals surface area contributed by atoms with Crippen LogP contribution in [0.5, 0.6) is 0 Å². The molecule has 4 N–H and O–H groups in total. The molecule has 1 aromatic carbocycles. The van der Waals surface area contributed by atoms with Gasteiger partial charge in [0.25, 0.3) is 5.91 Å². The average Bonchev–Trinajstić information content (AvgIpc) is 3.09. The lowest BCUT2D eigenvalue weighted by atomic mass is 10.1. The molecule has 16 heavy (non-hydrogen) atoms. The molecule has 1 amide bonds. The number of benzene rings is 1. The van der Waals surface area contributed by atoms with Crippen molar-refractivity contribution in [1.82, 2.24) is 5.32 Å². The van der Waals surface area contributed by atoms with Gasteiger partial charge in [-0.2, -0.15) is 0 Å². The number of aliphatic hydroxyl groups excluding tert-OH is 1. The van der Waals surface area contributed by atoms with Gasteiger partial charge >= 0.3 is 0 Å². The monoisotopic (exact) mass is 220 g/mol. The van der Waals surface area contributed by atoms with Crippen LogP contribution in [-0.2, 0) is 6.54 Å². The quantitative estimate of drug-likeness (QED) is 0.687. The lowest BCUT2D eigenvalue weighted by Gasteiger charge is -2.14. The van der Waals surface area contributed by atoms with Crippen LogP contribution in [0.2, 0.25) is 0 Å². The zero-order valence-electron chi connectivity index (χ0n) is 9.07. The molecule has 0 saturated heterocycles. The highest BCUT2D eigenvalue weighted by molar-refractivity contribution is 5.95. The van der Waals surface area contributed by atoms with Gasteiger partial charge in [0.15, 0.2) is 0 Å². The third-order valence-corrected chi connectivity index (χ3v) is 2.99. The normalized spacial score (nSPS) is 16.9. The highest BCUT2D eigenvalue weighted by atomic mass is 16.3. The number of carbonyl (C=O) groups is 1.